The third-order valence-corrected chi connectivity index (χ3v) is 0.562. The molecular formula is C3H8N2O2. The van der Waals surface area contributed by atoms with Crippen LogP contribution in [-0.2, 0) is 4.79 Å². The van der Waals surface area contributed by atoms with Gasteiger partial charge in [0.1, 0.15) is 6.04 Å². The fourth-order valence-corrected chi connectivity index (χ4v) is 0.0900. The SMILES string of the molecule is NC(=O)[C@H](N)CO. The van der Waals surface area contributed by atoms with E-state index in [0.717, 1.165) is 0 Å². The maximum absolute atomic E-state index is 9.87. The normalized spacial score (nSPS) is 13.4. The predicted octanol–water partition coefficient (Wildman–Crippen LogP) is -2.21. The average molecular weight is 104 g/mol. The van der Waals surface area contributed by atoms with Crippen LogP contribution in [0, 0.1) is 0 Å². The quantitative estimate of drug-likeness (QED) is 0.371. The van der Waals surface area contributed by atoms with E-state index in [-0.39, 0.29) is 6.61 Å². The van der Waals surface area contributed by atoms with Crippen LogP contribution in [0.3, 0.4) is 0 Å². The number of primary amides is 1. The molecule has 0 aromatic heterocycles. The van der Waals surface area contributed by atoms with Crippen molar-refractivity contribution in [2.45, 2.75) is 6.04 Å². The minimum atomic E-state index is -0.903. The van der Waals surface area contributed by atoms with Gasteiger partial charge >= 0.3 is 0 Å². The number of amides is 1. The monoisotopic (exact) mass is 104 g/mol. The summed E-state index contributed by atoms with van der Waals surface area (Å²) in [6.45, 7) is -0.380. The molecule has 0 fully saturated rings. The van der Waals surface area contributed by atoms with E-state index in [9.17, 15) is 4.79 Å². The number of hydrogen-bond acceptors (Lipinski definition) is 3. The van der Waals surface area contributed by atoms with Gasteiger partial charge in [-0.1, -0.05) is 0 Å². The smallest absolute Gasteiger partial charge is 0.236 e. The zero-order valence-corrected chi connectivity index (χ0v) is 3.79. The summed E-state index contributed by atoms with van der Waals surface area (Å²) in [6, 6.07) is -0.903. The molecule has 7 heavy (non-hydrogen) atoms. The van der Waals surface area contributed by atoms with Gasteiger partial charge in [0.2, 0.25) is 5.91 Å². The number of nitrogens with two attached hydrogens (primary N) is 2. The molecule has 4 nitrogen and oxygen atoms in total. The summed E-state index contributed by atoms with van der Waals surface area (Å²) in [4.78, 5) is 9.87. The minimum absolute atomic E-state index is 0.380. The van der Waals surface area contributed by atoms with Gasteiger partial charge in [0, 0.05) is 0 Å². The molecule has 0 heterocycles. The van der Waals surface area contributed by atoms with Crippen molar-refractivity contribution in [2.75, 3.05) is 6.61 Å². The first-order chi connectivity index (χ1) is 3.18. The topological polar surface area (TPSA) is 89.3 Å². The minimum Gasteiger partial charge on any atom is -0.394 e. The highest BCUT2D eigenvalue weighted by Gasteiger charge is 2.04. The maximum atomic E-state index is 9.87. The van der Waals surface area contributed by atoms with Crippen molar-refractivity contribution in [2.24, 2.45) is 11.5 Å². The first kappa shape index (κ1) is 6.39. The van der Waals surface area contributed by atoms with Gasteiger partial charge in [0.25, 0.3) is 0 Å². The fourth-order valence-electron chi connectivity index (χ4n) is 0.0900. The highest BCUT2D eigenvalue weighted by atomic mass is 16.3. The Hall–Kier alpha value is -0.610. The molecule has 0 rings (SSSR count). The number of aliphatic hydroxyl groups excluding tert-OH is 1. The van der Waals surface area contributed by atoms with Crippen molar-refractivity contribution in [3.8, 4) is 0 Å². The molecule has 0 saturated carbocycles. The van der Waals surface area contributed by atoms with Crippen LogP contribution in [0.2, 0.25) is 0 Å². The van der Waals surface area contributed by atoms with Crippen molar-refractivity contribution in [1.29, 1.82) is 0 Å². The fraction of sp³-hybridized carbons (Fsp3) is 0.667. The highest BCUT2D eigenvalue weighted by molar-refractivity contribution is 5.79. The molecule has 0 saturated heterocycles. The summed E-state index contributed by atoms with van der Waals surface area (Å²) >= 11 is 0. The van der Waals surface area contributed by atoms with Crippen LogP contribution in [0.25, 0.3) is 0 Å². The molecule has 4 heteroatoms. The molecule has 0 radical (unpaired) electrons. The van der Waals surface area contributed by atoms with Gasteiger partial charge in [-0.25, -0.2) is 0 Å². The van der Waals surface area contributed by atoms with Crippen molar-refractivity contribution in [1.82, 2.24) is 0 Å². The number of carbonyl (C=O) groups is 1. The van der Waals surface area contributed by atoms with E-state index in [2.05, 4.69) is 5.73 Å². The van der Waals surface area contributed by atoms with Crippen LogP contribution in [0.15, 0.2) is 0 Å². The molecule has 0 spiro atoms. The van der Waals surface area contributed by atoms with E-state index in [0.29, 0.717) is 0 Å². The maximum Gasteiger partial charge on any atom is 0.236 e. The summed E-state index contributed by atoms with van der Waals surface area (Å²) in [5, 5.41) is 8.08. The standard InChI is InChI=1S/C3H8N2O2/c4-2(1-6)3(5)7/h2,6H,1,4H2,(H2,5,7)/t2-/m1/s1. The van der Waals surface area contributed by atoms with E-state index in [1.165, 1.54) is 0 Å². The zero-order chi connectivity index (χ0) is 5.86. The lowest BCUT2D eigenvalue weighted by Gasteiger charge is -1.97. The summed E-state index contributed by atoms with van der Waals surface area (Å²) in [7, 11) is 0. The summed E-state index contributed by atoms with van der Waals surface area (Å²) in [5.41, 5.74) is 9.51. The zero-order valence-electron chi connectivity index (χ0n) is 3.79. The van der Waals surface area contributed by atoms with Crippen LogP contribution in [-0.4, -0.2) is 23.7 Å². The molecule has 1 atom stereocenters. The van der Waals surface area contributed by atoms with Gasteiger partial charge in [-0.15, -0.1) is 0 Å². The summed E-state index contributed by atoms with van der Waals surface area (Å²) < 4.78 is 0. The van der Waals surface area contributed by atoms with Crippen LogP contribution in [0.5, 0.6) is 0 Å². The second-order valence-corrected chi connectivity index (χ2v) is 1.19. The Morgan fingerprint density at radius 3 is 2.29 bits per heavy atom. The third-order valence-electron chi connectivity index (χ3n) is 0.562. The van der Waals surface area contributed by atoms with Gasteiger partial charge in [0.15, 0.2) is 0 Å². The third kappa shape index (κ3) is 2.13. The lowest BCUT2D eigenvalue weighted by molar-refractivity contribution is -0.119. The Kier molecular flexibility index (Phi) is 2.32. The lowest BCUT2D eigenvalue weighted by Crippen LogP contribution is -2.39. The van der Waals surface area contributed by atoms with Crippen LogP contribution in [0.1, 0.15) is 0 Å². The molecule has 5 N–H and O–H groups in total. The molecule has 1 amide bonds. The Balaban J connectivity index is 3.34. The predicted molar refractivity (Wildman–Crippen MR) is 24.3 cm³/mol. The first-order valence-electron chi connectivity index (χ1n) is 1.84. The van der Waals surface area contributed by atoms with E-state index in [4.69, 9.17) is 10.8 Å². The van der Waals surface area contributed by atoms with Crippen LogP contribution >= 0.6 is 0 Å². The van der Waals surface area contributed by atoms with Crippen molar-refractivity contribution >= 4 is 5.91 Å². The molecule has 0 aliphatic heterocycles. The molecule has 42 valence electrons. The molecule has 0 aliphatic rings. The Morgan fingerprint density at radius 2 is 2.29 bits per heavy atom. The van der Waals surface area contributed by atoms with E-state index in [1.54, 1.807) is 0 Å². The Morgan fingerprint density at radius 1 is 1.86 bits per heavy atom. The van der Waals surface area contributed by atoms with Crippen molar-refractivity contribution < 1.29 is 9.90 Å². The van der Waals surface area contributed by atoms with Crippen LogP contribution in [0.4, 0.5) is 0 Å². The van der Waals surface area contributed by atoms with Crippen molar-refractivity contribution in [3.63, 3.8) is 0 Å². The van der Waals surface area contributed by atoms with Crippen molar-refractivity contribution in [3.05, 3.63) is 0 Å². The van der Waals surface area contributed by atoms with E-state index in [1.807, 2.05) is 0 Å². The lowest BCUT2D eigenvalue weighted by atomic mass is 10.3. The second kappa shape index (κ2) is 2.54. The van der Waals surface area contributed by atoms with E-state index >= 15 is 0 Å². The molecule has 0 aromatic rings. The molecular weight excluding hydrogens is 96.0 g/mol. The summed E-state index contributed by atoms with van der Waals surface area (Å²) in [6.07, 6.45) is 0. The van der Waals surface area contributed by atoms with Gasteiger partial charge in [-0.2, -0.15) is 0 Å². The van der Waals surface area contributed by atoms with Gasteiger partial charge in [0.05, 0.1) is 6.61 Å². The molecule has 0 aromatic carbocycles. The Labute approximate surface area is 41.1 Å². The Bertz CT molecular complexity index is 73.3. The summed E-state index contributed by atoms with van der Waals surface area (Å²) in [5.74, 6) is -0.678. The second-order valence-electron chi connectivity index (χ2n) is 1.19. The highest BCUT2D eigenvalue weighted by Crippen LogP contribution is 1.67. The largest absolute Gasteiger partial charge is 0.394 e. The van der Waals surface area contributed by atoms with Gasteiger partial charge in [-0.05, 0) is 0 Å². The van der Waals surface area contributed by atoms with E-state index < -0.39 is 11.9 Å². The van der Waals surface area contributed by atoms with Gasteiger partial charge < -0.3 is 16.6 Å². The van der Waals surface area contributed by atoms with Crippen LogP contribution < -0.4 is 11.5 Å². The molecule has 0 aliphatic carbocycles. The number of rotatable bonds is 2. The number of aliphatic hydroxyl groups is 1. The molecule has 0 bridgehead atoms. The first-order valence-corrected chi connectivity index (χ1v) is 1.84. The number of carbonyl (C=O) groups excluding carboxylic acids is 1. The average Bonchev–Trinajstić information content (AvgIpc) is 1.65. The number of hydrogen-bond donors (Lipinski definition) is 3. The van der Waals surface area contributed by atoms with Gasteiger partial charge in [-0.3, -0.25) is 4.79 Å². The molecule has 0 unspecified atom stereocenters.